The summed E-state index contributed by atoms with van der Waals surface area (Å²) in [5.41, 5.74) is 1.60. The van der Waals surface area contributed by atoms with Gasteiger partial charge in [0, 0.05) is 31.3 Å². The van der Waals surface area contributed by atoms with Crippen molar-refractivity contribution in [1.82, 2.24) is 25.0 Å². The van der Waals surface area contributed by atoms with Crippen molar-refractivity contribution in [1.29, 1.82) is 0 Å². The average molecular weight is 436 g/mol. The molecule has 0 saturated carbocycles. The first-order valence-electron chi connectivity index (χ1n) is 10.1. The third kappa shape index (κ3) is 3.75. The first kappa shape index (κ1) is 20.0. The Kier molecular flexibility index (Phi) is 4.96. The Hall–Kier alpha value is -3.95. The Morgan fingerprint density at radius 2 is 1.94 bits per heavy atom. The van der Waals surface area contributed by atoms with Crippen LogP contribution in [0.1, 0.15) is 22.6 Å². The number of halogens is 2. The van der Waals surface area contributed by atoms with Gasteiger partial charge in [0.05, 0.1) is 28.4 Å². The molecule has 0 bridgehead atoms. The molecule has 8 nitrogen and oxygen atoms in total. The van der Waals surface area contributed by atoms with Gasteiger partial charge in [-0.1, -0.05) is 17.3 Å². The smallest absolute Gasteiger partial charge is 0.258 e. The third-order valence-corrected chi connectivity index (χ3v) is 5.33. The zero-order valence-electron chi connectivity index (χ0n) is 17.0. The van der Waals surface area contributed by atoms with Gasteiger partial charge in [-0.15, -0.1) is 0 Å². The molecular weight excluding hydrogens is 418 g/mol. The number of nitrogens with one attached hydrogen (secondary N) is 1. The second-order valence-electron chi connectivity index (χ2n) is 7.58. The van der Waals surface area contributed by atoms with Gasteiger partial charge in [-0.2, -0.15) is 4.98 Å². The van der Waals surface area contributed by atoms with Gasteiger partial charge < -0.3 is 14.7 Å². The molecule has 1 saturated heterocycles. The molecule has 0 spiro atoms. The Labute approximate surface area is 181 Å². The van der Waals surface area contributed by atoms with Crippen LogP contribution in [0.3, 0.4) is 0 Å². The number of amides is 1. The predicted molar refractivity (Wildman–Crippen MR) is 112 cm³/mol. The van der Waals surface area contributed by atoms with Crippen LogP contribution in [0.2, 0.25) is 0 Å². The van der Waals surface area contributed by atoms with E-state index in [4.69, 9.17) is 4.52 Å². The summed E-state index contributed by atoms with van der Waals surface area (Å²) in [6.45, 7) is 2.72. The molecule has 1 unspecified atom stereocenters. The van der Waals surface area contributed by atoms with Crippen LogP contribution in [0.5, 0.6) is 0 Å². The largest absolute Gasteiger partial charge is 0.364 e. The minimum Gasteiger partial charge on any atom is -0.364 e. The number of likely N-dealkylation sites (tertiary alicyclic amines) is 1. The Morgan fingerprint density at radius 1 is 1.16 bits per heavy atom. The molecule has 0 aliphatic carbocycles. The SMILES string of the molecule is Cc1noc(-c2ccccc2C(=O)N2CCC(Nc3cnc4cc(F)c(F)cc4n3)C2)n1. The number of carbonyl (C=O) groups excluding carboxylic acids is 1. The van der Waals surface area contributed by atoms with Crippen molar-refractivity contribution in [3.8, 4) is 11.5 Å². The van der Waals surface area contributed by atoms with Gasteiger partial charge >= 0.3 is 0 Å². The van der Waals surface area contributed by atoms with Crippen molar-refractivity contribution < 1.29 is 18.1 Å². The lowest BCUT2D eigenvalue weighted by Gasteiger charge is -2.18. The molecule has 3 heterocycles. The maximum Gasteiger partial charge on any atom is 0.258 e. The molecule has 1 fully saturated rings. The van der Waals surface area contributed by atoms with E-state index in [-0.39, 0.29) is 23.0 Å². The van der Waals surface area contributed by atoms with Gasteiger partial charge in [-0.25, -0.2) is 13.8 Å². The highest BCUT2D eigenvalue weighted by atomic mass is 19.2. The molecule has 10 heteroatoms. The number of fused-ring (bicyclic) bond motifs is 1. The molecule has 5 rings (SSSR count). The van der Waals surface area contributed by atoms with Gasteiger partial charge in [0.2, 0.25) is 0 Å². The van der Waals surface area contributed by atoms with E-state index in [9.17, 15) is 13.6 Å². The third-order valence-electron chi connectivity index (χ3n) is 5.33. The van der Waals surface area contributed by atoms with E-state index in [2.05, 4.69) is 25.4 Å². The Bertz CT molecular complexity index is 1330. The fourth-order valence-corrected chi connectivity index (χ4v) is 3.78. The van der Waals surface area contributed by atoms with E-state index < -0.39 is 11.6 Å². The Balaban J connectivity index is 1.32. The van der Waals surface area contributed by atoms with E-state index in [1.165, 1.54) is 6.20 Å². The van der Waals surface area contributed by atoms with Gasteiger partial charge in [0.25, 0.3) is 11.8 Å². The molecule has 2 aromatic carbocycles. The number of rotatable bonds is 4. The predicted octanol–water partition coefficient (Wildman–Crippen LogP) is 3.59. The topological polar surface area (TPSA) is 97.0 Å². The zero-order chi connectivity index (χ0) is 22.2. The molecule has 2 aromatic heterocycles. The van der Waals surface area contributed by atoms with E-state index in [0.29, 0.717) is 48.2 Å². The number of nitrogens with zero attached hydrogens (tertiary/aromatic N) is 5. The van der Waals surface area contributed by atoms with Crippen molar-refractivity contribution in [3.05, 3.63) is 65.6 Å². The van der Waals surface area contributed by atoms with Crippen LogP contribution in [0.15, 0.2) is 47.1 Å². The molecular formula is C22H18F2N6O2. The van der Waals surface area contributed by atoms with Gasteiger partial charge in [0.15, 0.2) is 17.5 Å². The van der Waals surface area contributed by atoms with Crippen molar-refractivity contribution in [3.63, 3.8) is 0 Å². The van der Waals surface area contributed by atoms with Crippen molar-refractivity contribution >= 4 is 22.8 Å². The van der Waals surface area contributed by atoms with Crippen LogP contribution < -0.4 is 5.32 Å². The molecule has 1 atom stereocenters. The fourth-order valence-electron chi connectivity index (χ4n) is 3.78. The van der Waals surface area contributed by atoms with Gasteiger partial charge in [-0.05, 0) is 25.5 Å². The minimum atomic E-state index is -0.975. The molecule has 1 amide bonds. The van der Waals surface area contributed by atoms with Crippen LogP contribution in [0, 0.1) is 18.6 Å². The molecule has 1 N–H and O–H groups in total. The Morgan fingerprint density at radius 3 is 2.72 bits per heavy atom. The van der Waals surface area contributed by atoms with Crippen LogP contribution in [0.25, 0.3) is 22.5 Å². The number of carbonyl (C=O) groups is 1. The number of anilines is 1. The molecule has 1 aliphatic rings. The van der Waals surface area contributed by atoms with Crippen LogP contribution in [0.4, 0.5) is 14.6 Å². The number of aromatic nitrogens is 4. The van der Waals surface area contributed by atoms with Crippen molar-refractivity contribution in [2.75, 3.05) is 18.4 Å². The fraction of sp³-hybridized carbons (Fsp3) is 0.227. The molecule has 162 valence electrons. The summed E-state index contributed by atoms with van der Waals surface area (Å²) in [5, 5.41) is 7.03. The first-order chi connectivity index (χ1) is 15.5. The first-order valence-corrected chi connectivity index (χ1v) is 10.1. The number of hydrogen-bond donors (Lipinski definition) is 1. The maximum absolute atomic E-state index is 13.5. The number of benzene rings is 2. The summed E-state index contributed by atoms with van der Waals surface area (Å²) < 4.78 is 32.1. The number of aryl methyl sites for hydroxylation is 1. The average Bonchev–Trinajstić information content (AvgIpc) is 3.43. The van der Waals surface area contributed by atoms with Crippen LogP contribution in [-0.2, 0) is 0 Å². The zero-order valence-corrected chi connectivity index (χ0v) is 17.0. The van der Waals surface area contributed by atoms with E-state index >= 15 is 0 Å². The van der Waals surface area contributed by atoms with Crippen molar-refractivity contribution in [2.24, 2.45) is 0 Å². The maximum atomic E-state index is 13.5. The lowest BCUT2D eigenvalue weighted by molar-refractivity contribution is 0.0792. The summed E-state index contributed by atoms with van der Waals surface area (Å²) in [5.74, 6) is -0.847. The summed E-state index contributed by atoms with van der Waals surface area (Å²) in [4.78, 5) is 27.6. The van der Waals surface area contributed by atoms with Gasteiger partial charge in [-0.3, -0.25) is 9.78 Å². The molecule has 0 radical (unpaired) electrons. The summed E-state index contributed by atoms with van der Waals surface area (Å²) >= 11 is 0. The quantitative estimate of drug-likeness (QED) is 0.522. The highest BCUT2D eigenvalue weighted by Gasteiger charge is 2.29. The molecule has 32 heavy (non-hydrogen) atoms. The van der Waals surface area contributed by atoms with E-state index in [1.54, 1.807) is 30.0 Å². The lowest BCUT2D eigenvalue weighted by atomic mass is 10.1. The lowest BCUT2D eigenvalue weighted by Crippen LogP contribution is -2.32. The second-order valence-corrected chi connectivity index (χ2v) is 7.58. The molecule has 1 aliphatic heterocycles. The number of hydrogen-bond acceptors (Lipinski definition) is 7. The highest BCUT2D eigenvalue weighted by Crippen LogP contribution is 2.25. The summed E-state index contributed by atoms with van der Waals surface area (Å²) in [6, 6.07) is 9.09. The van der Waals surface area contributed by atoms with Crippen molar-refractivity contribution in [2.45, 2.75) is 19.4 Å². The molecule has 4 aromatic rings. The highest BCUT2D eigenvalue weighted by molar-refractivity contribution is 6.00. The normalized spacial score (nSPS) is 16.0. The second kappa shape index (κ2) is 7.95. The van der Waals surface area contributed by atoms with Crippen LogP contribution in [-0.4, -0.2) is 50.0 Å². The van der Waals surface area contributed by atoms with Gasteiger partial charge in [0.1, 0.15) is 5.82 Å². The minimum absolute atomic E-state index is 0.0613. The van der Waals surface area contributed by atoms with Crippen LogP contribution >= 0.6 is 0 Å². The monoisotopic (exact) mass is 436 g/mol. The van der Waals surface area contributed by atoms with E-state index in [0.717, 1.165) is 12.1 Å². The summed E-state index contributed by atoms with van der Waals surface area (Å²) in [6.07, 6.45) is 2.17. The summed E-state index contributed by atoms with van der Waals surface area (Å²) in [7, 11) is 0. The standard InChI is InChI=1S/C22H18F2N6O2/c1-12-26-21(32-29-12)14-4-2-3-5-15(14)22(31)30-7-6-13(11-30)27-20-10-25-18-8-16(23)17(24)9-19(18)28-20/h2-5,8-10,13H,6-7,11H2,1H3,(H,27,28). The van der Waals surface area contributed by atoms with E-state index in [1.807, 2.05) is 6.07 Å².